The molecule has 2 rings (SSSR count). The molecule has 0 saturated heterocycles. The lowest BCUT2D eigenvalue weighted by molar-refractivity contribution is 0.398. The Kier molecular flexibility index (Phi) is 3.88. The number of benzene rings is 1. The van der Waals surface area contributed by atoms with E-state index in [0.717, 1.165) is 18.6 Å². The summed E-state index contributed by atoms with van der Waals surface area (Å²) in [5, 5.41) is 0.711. The van der Waals surface area contributed by atoms with Crippen molar-refractivity contribution in [3.63, 3.8) is 0 Å². The van der Waals surface area contributed by atoms with Crippen LogP contribution in [0.1, 0.15) is 56.6 Å². The van der Waals surface area contributed by atoms with Crippen LogP contribution in [0.3, 0.4) is 0 Å². The van der Waals surface area contributed by atoms with Crippen LogP contribution in [0.25, 0.3) is 0 Å². The lowest BCUT2D eigenvalue weighted by Crippen LogP contribution is -2.34. The highest BCUT2D eigenvalue weighted by Gasteiger charge is 2.35. The molecule has 0 unspecified atom stereocenters. The Bertz CT molecular complexity index is 436. The van der Waals surface area contributed by atoms with Crippen LogP contribution < -0.4 is 10.5 Å². The Hall–Kier alpha value is -0.730. The second-order valence-electron chi connectivity index (χ2n) is 5.59. The molecule has 100 valence electrons. The smallest absolute Gasteiger partial charge is 0.124 e. The maximum absolute atomic E-state index is 6.60. The summed E-state index contributed by atoms with van der Waals surface area (Å²) in [6, 6.07) is 3.92. The molecule has 0 aromatic heterocycles. The minimum atomic E-state index is -0.224. The van der Waals surface area contributed by atoms with Gasteiger partial charge < -0.3 is 10.5 Å². The minimum absolute atomic E-state index is 0.224. The normalized spacial score (nSPS) is 18.3. The molecule has 18 heavy (non-hydrogen) atoms. The predicted molar refractivity (Wildman–Crippen MR) is 76.4 cm³/mol. The van der Waals surface area contributed by atoms with Crippen molar-refractivity contribution in [1.29, 1.82) is 0 Å². The number of ether oxygens (including phenoxy) is 1. The van der Waals surface area contributed by atoms with E-state index in [1.165, 1.54) is 24.0 Å². The number of hydrogen-bond acceptors (Lipinski definition) is 2. The third kappa shape index (κ3) is 2.36. The first-order valence-electron chi connectivity index (χ1n) is 6.65. The van der Waals surface area contributed by atoms with E-state index in [1.54, 1.807) is 7.11 Å². The van der Waals surface area contributed by atoms with Crippen LogP contribution in [0.4, 0.5) is 0 Å². The monoisotopic (exact) mass is 267 g/mol. The molecule has 0 heterocycles. The first-order chi connectivity index (χ1) is 8.48. The fourth-order valence-electron chi connectivity index (χ4n) is 3.04. The zero-order valence-corrected chi connectivity index (χ0v) is 12.2. The van der Waals surface area contributed by atoms with E-state index in [0.29, 0.717) is 10.9 Å². The van der Waals surface area contributed by atoms with Gasteiger partial charge >= 0.3 is 0 Å². The highest BCUT2D eigenvalue weighted by Crippen LogP contribution is 2.44. The van der Waals surface area contributed by atoms with Crippen LogP contribution in [0.15, 0.2) is 12.1 Å². The molecule has 3 heteroatoms. The van der Waals surface area contributed by atoms with Gasteiger partial charge in [0.1, 0.15) is 5.75 Å². The van der Waals surface area contributed by atoms with Crippen LogP contribution in [0.2, 0.25) is 5.02 Å². The molecule has 1 aromatic rings. The molecule has 0 spiro atoms. The summed E-state index contributed by atoms with van der Waals surface area (Å²) in [5.41, 5.74) is 8.77. The van der Waals surface area contributed by atoms with E-state index in [4.69, 9.17) is 22.1 Å². The van der Waals surface area contributed by atoms with Crippen molar-refractivity contribution in [2.24, 2.45) is 5.73 Å². The maximum atomic E-state index is 6.60. The van der Waals surface area contributed by atoms with E-state index in [1.807, 2.05) is 12.1 Å². The molecule has 1 fully saturated rings. The third-order valence-electron chi connectivity index (χ3n) is 3.94. The first-order valence-corrected chi connectivity index (χ1v) is 7.02. The van der Waals surface area contributed by atoms with Crippen molar-refractivity contribution in [2.75, 3.05) is 7.11 Å². The molecular weight excluding hydrogens is 246 g/mol. The summed E-state index contributed by atoms with van der Waals surface area (Å²) in [6.45, 7) is 4.35. The fraction of sp³-hybridized carbons (Fsp3) is 0.600. The van der Waals surface area contributed by atoms with Gasteiger partial charge in [-0.05, 0) is 36.5 Å². The van der Waals surface area contributed by atoms with Crippen LogP contribution >= 0.6 is 11.6 Å². The molecule has 1 saturated carbocycles. The van der Waals surface area contributed by atoms with Crippen molar-refractivity contribution in [3.05, 3.63) is 28.3 Å². The summed E-state index contributed by atoms with van der Waals surface area (Å²) >= 11 is 6.21. The molecule has 0 bridgehead atoms. The van der Waals surface area contributed by atoms with Gasteiger partial charge in [-0.3, -0.25) is 0 Å². The molecule has 1 aliphatic carbocycles. The second-order valence-corrected chi connectivity index (χ2v) is 6.02. The summed E-state index contributed by atoms with van der Waals surface area (Å²) in [7, 11) is 1.69. The van der Waals surface area contributed by atoms with E-state index >= 15 is 0 Å². The summed E-state index contributed by atoms with van der Waals surface area (Å²) in [5.74, 6) is 1.25. The average Bonchev–Trinajstić information content (AvgIpc) is 2.75. The fourth-order valence-corrected chi connectivity index (χ4v) is 3.25. The number of nitrogens with two attached hydrogens (primary N) is 1. The van der Waals surface area contributed by atoms with Gasteiger partial charge in [0.25, 0.3) is 0 Å². The topological polar surface area (TPSA) is 35.2 Å². The van der Waals surface area contributed by atoms with Gasteiger partial charge in [-0.2, -0.15) is 0 Å². The number of halogens is 1. The van der Waals surface area contributed by atoms with Gasteiger partial charge in [0.05, 0.1) is 7.11 Å². The molecule has 0 radical (unpaired) electrons. The second kappa shape index (κ2) is 5.10. The van der Waals surface area contributed by atoms with Crippen LogP contribution in [0.5, 0.6) is 5.75 Å². The van der Waals surface area contributed by atoms with Gasteiger partial charge in [0, 0.05) is 16.1 Å². The zero-order chi connectivity index (χ0) is 13.3. The van der Waals surface area contributed by atoms with Crippen LogP contribution in [-0.4, -0.2) is 7.11 Å². The van der Waals surface area contributed by atoms with E-state index in [2.05, 4.69) is 13.8 Å². The van der Waals surface area contributed by atoms with Crippen molar-refractivity contribution in [3.8, 4) is 5.75 Å². The number of methoxy groups -OCH3 is 1. The van der Waals surface area contributed by atoms with E-state index in [9.17, 15) is 0 Å². The Morgan fingerprint density at radius 2 is 1.89 bits per heavy atom. The molecule has 1 aromatic carbocycles. The number of rotatable bonds is 3. The van der Waals surface area contributed by atoms with Gasteiger partial charge in [-0.25, -0.2) is 0 Å². The van der Waals surface area contributed by atoms with Crippen molar-refractivity contribution >= 4 is 11.6 Å². The van der Waals surface area contributed by atoms with Gasteiger partial charge in [-0.15, -0.1) is 0 Å². The molecular formula is C15H22ClNO. The first kappa shape index (κ1) is 13.7. The van der Waals surface area contributed by atoms with E-state index in [-0.39, 0.29) is 5.54 Å². The molecule has 0 amide bonds. The SMILES string of the molecule is COc1cc(Cl)cc(C2(N)CCCC2)c1C(C)C. The highest BCUT2D eigenvalue weighted by atomic mass is 35.5. The Labute approximate surface area is 114 Å². The van der Waals surface area contributed by atoms with Crippen molar-refractivity contribution in [2.45, 2.75) is 51.0 Å². The lowest BCUT2D eigenvalue weighted by atomic mass is 9.82. The zero-order valence-electron chi connectivity index (χ0n) is 11.4. The lowest BCUT2D eigenvalue weighted by Gasteiger charge is -2.30. The Morgan fingerprint density at radius 3 is 2.39 bits per heavy atom. The highest BCUT2D eigenvalue weighted by molar-refractivity contribution is 6.30. The van der Waals surface area contributed by atoms with Crippen molar-refractivity contribution < 1.29 is 4.74 Å². The number of hydrogen-bond donors (Lipinski definition) is 1. The standard InChI is InChI=1S/C15H22ClNO/c1-10(2)14-12(15(17)6-4-5-7-15)8-11(16)9-13(14)18-3/h8-10H,4-7,17H2,1-3H3. The molecule has 0 aliphatic heterocycles. The summed E-state index contributed by atoms with van der Waals surface area (Å²) in [6.07, 6.45) is 4.47. The predicted octanol–water partition coefficient (Wildman–Crippen LogP) is 4.20. The quantitative estimate of drug-likeness (QED) is 0.891. The Morgan fingerprint density at radius 1 is 1.28 bits per heavy atom. The molecule has 1 aliphatic rings. The summed E-state index contributed by atoms with van der Waals surface area (Å²) in [4.78, 5) is 0. The molecule has 2 nitrogen and oxygen atoms in total. The van der Waals surface area contributed by atoms with Gasteiger partial charge in [-0.1, -0.05) is 38.3 Å². The largest absolute Gasteiger partial charge is 0.496 e. The molecule has 0 atom stereocenters. The van der Waals surface area contributed by atoms with Crippen LogP contribution in [-0.2, 0) is 5.54 Å². The Balaban J connectivity index is 2.60. The van der Waals surface area contributed by atoms with Crippen molar-refractivity contribution in [1.82, 2.24) is 0 Å². The minimum Gasteiger partial charge on any atom is -0.496 e. The maximum Gasteiger partial charge on any atom is 0.124 e. The van der Waals surface area contributed by atoms with Crippen LogP contribution in [0, 0.1) is 0 Å². The van der Waals surface area contributed by atoms with Gasteiger partial charge in [0.15, 0.2) is 0 Å². The molecule has 2 N–H and O–H groups in total. The van der Waals surface area contributed by atoms with Gasteiger partial charge in [0.2, 0.25) is 0 Å². The van der Waals surface area contributed by atoms with E-state index < -0.39 is 0 Å². The average molecular weight is 268 g/mol. The summed E-state index contributed by atoms with van der Waals surface area (Å²) < 4.78 is 5.49. The third-order valence-corrected chi connectivity index (χ3v) is 4.15.